The first kappa shape index (κ1) is 12.0. The van der Waals surface area contributed by atoms with Gasteiger partial charge in [0.05, 0.1) is 5.69 Å². The zero-order valence-corrected chi connectivity index (χ0v) is 12.1. The van der Waals surface area contributed by atoms with E-state index in [1.165, 1.54) is 0 Å². The van der Waals surface area contributed by atoms with Crippen LogP contribution in [0.25, 0.3) is 0 Å². The second-order valence-electron chi connectivity index (χ2n) is 3.99. The molecule has 0 saturated carbocycles. The Morgan fingerprint density at radius 2 is 2.31 bits per heavy atom. The minimum atomic E-state index is 0.177. The summed E-state index contributed by atoms with van der Waals surface area (Å²) in [4.78, 5) is 18.0. The molecule has 5 heteroatoms. The molecule has 1 atom stereocenters. The number of amides is 1. The third-order valence-electron chi connectivity index (χ3n) is 2.68. The molecule has 1 amide bonds. The third-order valence-corrected chi connectivity index (χ3v) is 4.18. The van der Waals surface area contributed by atoms with Crippen LogP contribution in [0.2, 0.25) is 0 Å². The van der Waals surface area contributed by atoms with Crippen LogP contribution in [-0.4, -0.2) is 22.8 Å². The number of pyridine rings is 1. The van der Waals surface area contributed by atoms with Gasteiger partial charge in [0.15, 0.2) is 0 Å². The SMILES string of the molecule is Cc1ccc(N2CC(CBr)CC2=O)c(Br)n1. The summed E-state index contributed by atoms with van der Waals surface area (Å²) in [5, 5.41) is 0.867. The number of halogens is 2. The molecule has 0 aromatic carbocycles. The molecule has 0 radical (unpaired) electrons. The highest BCUT2D eigenvalue weighted by atomic mass is 79.9. The van der Waals surface area contributed by atoms with Gasteiger partial charge in [0.1, 0.15) is 4.60 Å². The van der Waals surface area contributed by atoms with Gasteiger partial charge in [-0.05, 0) is 40.9 Å². The summed E-state index contributed by atoms with van der Waals surface area (Å²) < 4.78 is 0.746. The predicted molar refractivity (Wildman–Crippen MR) is 70.9 cm³/mol. The fourth-order valence-corrected chi connectivity index (χ4v) is 2.90. The Labute approximate surface area is 111 Å². The monoisotopic (exact) mass is 346 g/mol. The van der Waals surface area contributed by atoms with E-state index in [2.05, 4.69) is 36.8 Å². The maximum Gasteiger partial charge on any atom is 0.227 e. The van der Waals surface area contributed by atoms with Gasteiger partial charge in [-0.15, -0.1) is 0 Å². The lowest BCUT2D eigenvalue weighted by atomic mass is 10.2. The summed E-state index contributed by atoms with van der Waals surface area (Å²) in [6.07, 6.45) is 0.617. The van der Waals surface area contributed by atoms with Crippen molar-refractivity contribution in [2.75, 3.05) is 16.8 Å². The molecule has 0 bridgehead atoms. The summed E-state index contributed by atoms with van der Waals surface area (Å²) in [6, 6.07) is 3.87. The molecule has 1 aromatic heterocycles. The maximum atomic E-state index is 11.8. The lowest BCUT2D eigenvalue weighted by Gasteiger charge is -2.17. The molecule has 2 heterocycles. The molecule has 1 fully saturated rings. The normalized spacial score (nSPS) is 20.6. The Bertz CT molecular complexity index is 422. The highest BCUT2D eigenvalue weighted by molar-refractivity contribution is 9.10. The van der Waals surface area contributed by atoms with Crippen molar-refractivity contribution in [1.82, 2.24) is 4.98 Å². The molecule has 1 aromatic rings. The summed E-state index contributed by atoms with van der Waals surface area (Å²) in [6.45, 7) is 2.70. The summed E-state index contributed by atoms with van der Waals surface area (Å²) in [7, 11) is 0. The van der Waals surface area contributed by atoms with Crippen LogP contribution in [0.15, 0.2) is 16.7 Å². The van der Waals surface area contributed by atoms with Gasteiger partial charge in [0.2, 0.25) is 5.91 Å². The number of carbonyl (C=O) groups excluding carboxylic acids is 1. The van der Waals surface area contributed by atoms with Crippen molar-refractivity contribution in [2.24, 2.45) is 5.92 Å². The second kappa shape index (κ2) is 4.84. The molecule has 1 aliphatic heterocycles. The highest BCUT2D eigenvalue weighted by Gasteiger charge is 2.31. The van der Waals surface area contributed by atoms with Crippen LogP contribution >= 0.6 is 31.9 Å². The first-order valence-corrected chi connectivity index (χ1v) is 7.02. The van der Waals surface area contributed by atoms with Crippen LogP contribution < -0.4 is 4.90 Å². The molecule has 2 rings (SSSR count). The van der Waals surface area contributed by atoms with E-state index in [4.69, 9.17) is 0 Å². The van der Waals surface area contributed by atoms with E-state index in [1.807, 2.05) is 24.0 Å². The van der Waals surface area contributed by atoms with Crippen LogP contribution in [0.3, 0.4) is 0 Å². The van der Waals surface area contributed by atoms with Crippen LogP contribution in [0.4, 0.5) is 5.69 Å². The highest BCUT2D eigenvalue weighted by Crippen LogP contribution is 2.30. The molecule has 86 valence electrons. The topological polar surface area (TPSA) is 33.2 Å². The van der Waals surface area contributed by atoms with Crippen molar-refractivity contribution in [2.45, 2.75) is 13.3 Å². The lowest BCUT2D eigenvalue weighted by Crippen LogP contribution is -2.25. The smallest absolute Gasteiger partial charge is 0.227 e. The quantitative estimate of drug-likeness (QED) is 0.608. The number of nitrogens with zero attached hydrogens (tertiary/aromatic N) is 2. The van der Waals surface area contributed by atoms with Crippen LogP contribution in [0.1, 0.15) is 12.1 Å². The van der Waals surface area contributed by atoms with Gasteiger partial charge in [0.25, 0.3) is 0 Å². The fraction of sp³-hybridized carbons (Fsp3) is 0.455. The van der Waals surface area contributed by atoms with E-state index in [-0.39, 0.29) is 5.91 Å². The number of hydrogen-bond acceptors (Lipinski definition) is 2. The van der Waals surface area contributed by atoms with Gasteiger partial charge >= 0.3 is 0 Å². The number of hydrogen-bond donors (Lipinski definition) is 0. The lowest BCUT2D eigenvalue weighted by molar-refractivity contribution is -0.117. The van der Waals surface area contributed by atoms with Crippen molar-refractivity contribution >= 4 is 43.5 Å². The molecule has 0 spiro atoms. The van der Waals surface area contributed by atoms with Gasteiger partial charge < -0.3 is 4.90 Å². The average Bonchev–Trinajstić information content (AvgIpc) is 2.60. The number of aryl methyl sites for hydroxylation is 1. The van der Waals surface area contributed by atoms with E-state index in [1.54, 1.807) is 0 Å². The summed E-state index contributed by atoms with van der Waals surface area (Å²) in [5.74, 6) is 0.580. The standard InChI is InChI=1S/C11H12Br2N2O/c1-7-2-3-9(11(13)14-7)15-6-8(5-12)4-10(15)16/h2-3,8H,4-6H2,1H3. The van der Waals surface area contributed by atoms with Crippen molar-refractivity contribution in [3.05, 3.63) is 22.4 Å². The number of carbonyl (C=O) groups is 1. The minimum Gasteiger partial charge on any atom is -0.310 e. The van der Waals surface area contributed by atoms with Crippen molar-refractivity contribution in [1.29, 1.82) is 0 Å². The van der Waals surface area contributed by atoms with Crippen molar-refractivity contribution in [3.63, 3.8) is 0 Å². The zero-order valence-electron chi connectivity index (χ0n) is 8.91. The van der Waals surface area contributed by atoms with Gasteiger partial charge in [-0.3, -0.25) is 4.79 Å². The van der Waals surface area contributed by atoms with E-state index in [0.29, 0.717) is 12.3 Å². The van der Waals surface area contributed by atoms with E-state index in [9.17, 15) is 4.79 Å². The number of alkyl halides is 1. The van der Waals surface area contributed by atoms with Gasteiger partial charge in [-0.25, -0.2) is 4.98 Å². The molecule has 1 saturated heterocycles. The Kier molecular flexibility index (Phi) is 3.64. The molecule has 16 heavy (non-hydrogen) atoms. The molecule has 0 N–H and O–H groups in total. The average molecular weight is 348 g/mol. The van der Waals surface area contributed by atoms with Gasteiger partial charge in [0, 0.05) is 24.0 Å². The number of rotatable bonds is 2. The van der Waals surface area contributed by atoms with Crippen molar-refractivity contribution < 1.29 is 4.79 Å². The molecule has 1 unspecified atom stereocenters. The molecule has 3 nitrogen and oxygen atoms in total. The Morgan fingerprint density at radius 1 is 1.56 bits per heavy atom. The van der Waals surface area contributed by atoms with Crippen LogP contribution in [0.5, 0.6) is 0 Å². The van der Waals surface area contributed by atoms with E-state index < -0.39 is 0 Å². The van der Waals surface area contributed by atoms with Crippen LogP contribution in [-0.2, 0) is 4.79 Å². The zero-order chi connectivity index (χ0) is 11.7. The third kappa shape index (κ3) is 2.30. The van der Waals surface area contributed by atoms with Crippen LogP contribution in [0, 0.1) is 12.8 Å². The first-order chi connectivity index (χ1) is 7.61. The molecule has 0 aliphatic carbocycles. The summed E-state index contributed by atoms with van der Waals surface area (Å²) in [5.41, 5.74) is 1.82. The van der Waals surface area contributed by atoms with E-state index >= 15 is 0 Å². The predicted octanol–water partition coefficient (Wildman–Crippen LogP) is 2.90. The second-order valence-corrected chi connectivity index (χ2v) is 5.39. The first-order valence-electron chi connectivity index (χ1n) is 5.11. The Balaban J connectivity index is 2.28. The van der Waals surface area contributed by atoms with Gasteiger partial charge in [-0.1, -0.05) is 15.9 Å². The fourth-order valence-electron chi connectivity index (χ4n) is 1.84. The Morgan fingerprint density at radius 3 is 2.88 bits per heavy atom. The minimum absolute atomic E-state index is 0.177. The Hall–Kier alpha value is -0.420. The number of aromatic nitrogens is 1. The number of anilines is 1. The largest absolute Gasteiger partial charge is 0.310 e. The molecular formula is C11H12Br2N2O. The maximum absolute atomic E-state index is 11.8. The molecule has 1 aliphatic rings. The van der Waals surface area contributed by atoms with Crippen molar-refractivity contribution in [3.8, 4) is 0 Å². The molecular weight excluding hydrogens is 336 g/mol. The summed E-state index contributed by atoms with van der Waals surface area (Å²) >= 11 is 6.84. The van der Waals surface area contributed by atoms with Gasteiger partial charge in [-0.2, -0.15) is 0 Å². The van der Waals surface area contributed by atoms with E-state index in [0.717, 1.165) is 27.9 Å².